The lowest BCUT2D eigenvalue weighted by Crippen LogP contribution is -2.42. The largest absolute Gasteiger partial charge is 0.375 e. The molecule has 0 fully saturated rings. The number of Topliss-reactive ketones (excluding diaryl/α,β-unsaturated/α-hetero) is 1. The summed E-state index contributed by atoms with van der Waals surface area (Å²) in [6.45, 7) is 3.77. The summed E-state index contributed by atoms with van der Waals surface area (Å²) in [4.78, 5) is 27.2. The lowest BCUT2D eigenvalue weighted by atomic mass is 9.87. The van der Waals surface area contributed by atoms with E-state index in [0.29, 0.717) is 21.3 Å². The van der Waals surface area contributed by atoms with Gasteiger partial charge in [0, 0.05) is 15.6 Å². The van der Waals surface area contributed by atoms with Gasteiger partial charge < -0.3 is 5.11 Å². The van der Waals surface area contributed by atoms with Gasteiger partial charge in [0.1, 0.15) is 0 Å². The summed E-state index contributed by atoms with van der Waals surface area (Å²) < 4.78 is 0.712. The molecule has 0 saturated carbocycles. The van der Waals surface area contributed by atoms with Crippen molar-refractivity contribution in [2.24, 2.45) is 0 Å². The molecule has 0 aliphatic carbocycles. The SMILES string of the molecule is C#CCN1C(=O)[C@@](O)(CC(=O)c2cc(C)ccc2C)c2cc(Br)ccc21. The highest BCUT2D eigenvalue weighted by atomic mass is 79.9. The Balaban J connectivity index is 2.05. The number of nitrogens with zero attached hydrogens (tertiary/aromatic N) is 1. The van der Waals surface area contributed by atoms with E-state index in [-0.39, 0.29) is 18.7 Å². The Kier molecular flexibility index (Phi) is 4.74. The summed E-state index contributed by atoms with van der Waals surface area (Å²) >= 11 is 3.36. The minimum atomic E-state index is -1.93. The molecule has 0 saturated heterocycles. The van der Waals surface area contributed by atoms with E-state index in [1.807, 2.05) is 26.0 Å². The molecule has 0 unspecified atom stereocenters. The van der Waals surface area contributed by atoms with Crippen LogP contribution >= 0.6 is 15.9 Å². The van der Waals surface area contributed by atoms with Gasteiger partial charge in [0.05, 0.1) is 18.7 Å². The Hall–Kier alpha value is -2.42. The number of terminal acetylenes is 1. The van der Waals surface area contributed by atoms with Crippen LogP contribution in [0, 0.1) is 26.2 Å². The first kappa shape index (κ1) is 18.4. The maximum Gasteiger partial charge on any atom is 0.265 e. The molecule has 132 valence electrons. The monoisotopic (exact) mass is 411 g/mol. The second-order valence-corrected chi connectivity index (χ2v) is 7.45. The van der Waals surface area contributed by atoms with Crippen molar-refractivity contribution in [1.82, 2.24) is 0 Å². The summed E-state index contributed by atoms with van der Waals surface area (Å²) in [7, 11) is 0. The molecule has 0 bridgehead atoms. The zero-order valence-corrected chi connectivity index (χ0v) is 16.1. The van der Waals surface area contributed by atoms with E-state index in [2.05, 4.69) is 21.9 Å². The third kappa shape index (κ3) is 2.96. The van der Waals surface area contributed by atoms with Crippen molar-refractivity contribution in [1.29, 1.82) is 0 Å². The molecule has 2 aromatic rings. The van der Waals surface area contributed by atoms with Gasteiger partial charge in [-0.2, -0.15) is 0 Å². The molecule has 0 spiro atoms. The maximum atomic E-state index is 12.9. The third-order valence-electron chi connectivity index (χ3n) is 4.65. The molecule has 1 heterocycles. The highest BCUT2D eigenvalue weighted by Crippen LogP contribution is 2.44. The number of aliphatic hydroxyl groups is 1. The van der Waals surface area contributed by atoms with Crippen LogP contribution in [-0.4, -0.2) is 23.3 Å². The second-order valence-electron chi connectivity index (χ2n) is 6.54. The first-order chi connectivity index (χ1) is 12.3. The fourth-order valence-electron chi connectivity index (χ4n) is 3.31. The topological polar surface area (TPSA) is 57.6 Å². The molecular formula is C21H18BrNO3. The van der Waals surface area contributed by atoms with E-state index in [0.717, 1.165) is 11.1 Å². The van der Waals surface area contributed by atoms with Crippen molar-refractivity contribution in [3.05, 3.63) is 63.1 Å². The molecular weight excluding hydrogens is 394 g/mol. The Morgan fingerprint density at radius 2 is 2.00 bits per heavy atom. The number of ketones is 1. The zero-order chi connectivity index (χ0) is 19.1. The number of halogens is 1. The number of aryl methyl sites for hydroxylation is 2. The quantitative estimate of drug-likeness (QED) is 0.618. The molecule has 0 radical (unpaired) electrons. The van der Waals surface area contributed by atoms with E-state index in [4.69, 9.17) is 6.42 Å². The molecule has 1 aliphatic rings. The van der Waals surface area contributed by atoms with Gasteiger partial charge in [-0.3, -0.25) is 14.5 Å². The van der Waals surface area contributed by atoms with Crippen LogP contribution in [0.3, 0.4) is 0 Å². The van der Waals surface area contributed by atoms with Crippen molar-refractivity contribution in [2.45, 2.75) is 25.9 Å². The van der Waals surface area contributed by atoms with Gasteiger partial charge >= 0.3 is 0 Å². The van der Waals surface area contributed by atoms with Gasteiger partial charge in [-0.05, 0) is 43.7 Å². The van der Waals surface area contributed by atoms with E-state index >= 15 is 0 Å². The summed E-state index contributed by atoms with van der Waals surface area (Å²) in [5.74, 6) is 1.58. The van der Waals surface area contributed by atoms with Crippen molar-refractivity contribution >= 4 is 33.3 Å². The van der Waals surface area contributed by atoms with Crippen LogP contribution in [0.15, 0.2) is 40.9 Å². The van der Waals surface area contributed by atoms with Crippen LogP contribution in [-0.2, 0) is 10.4 Å². The van der Waals surface area contributed by atoms with Gasteiger partial charge in [0.2, 0.25) is 0 Å². The van der Waals surface area contributed by atoms with Gasteiger partial charge in [-0.25, -0.2) is 0 Å². The van der Waals surface area contributed by atoms with Gasteiger partial charge in [0.15, 0.2) is 11.4 Å². The Morgan fingerprint density at radius 1 is 1.27 bits per heavy atom. The lowest BCUT2D eigenvalue weighted by Gasteiger charge is -2.22. The molecule has 5 heteroatoms. The number of hydrogen-bond acceptors (Lipinski definition) is 3. The number of carbonyl (C=O) groups excluding carboxylic acids is 2. The second kappa shape index (κ2) is 6.71. The van der Waals surface area contributed by atoms with Crippen LogP contribution < -0.4 is 4.90 Å². The van der Waals surface area contributed by atoms with Crippen molar-refractivity contribution in [3.8, 4) is 12.3 Å². The summed E-state index contributed by atoms with van der Waals surface area (Å²) in [6.07, 6.45) is 5.04. The molecule has 0 aromatic heterocycles. The summed E-state index contributed by atoms with van der Waals surface area (Å²) in [6, 6.07) is 10.7. The number of carbonyl (C=O) groups is 2. The number of fused-ring (bicyclic) bond motifs is 1. The number of anilines is 1. The zero-order valence-electron chi connectivity index (χ0n) is 14.5. The fourth-order valence-corrected chi connectivity index (χ4v) is 3.67. The van der Waals surface area contributed by atoms with Crippen LogP contribution in [0.2, 0.25) is 0 Å². The number of rotatable bonds is 4. The fraction of sp³-hybridized carbons (Fsp3) is 0.238. The molecule has 1 aliphatic heterocycles. The highest BCUT2D eigenvalue weighted by molar-refractivity contribution is 9.10. The Bertz CT molecular complexity index is 960. The molecule has 3 rings (SSSR count). The molecule has 26 heavy (non-hydrogen) atoms. The number of hydrogen-bond donors (Lipinski definition) is 1. The normalized spacial score (nSPS) is 18.6. The Labute approximate surface area is 161 Å². The van der Waals surface area contributed by atoms with Gasteiger partial charge in [0.25, 0.3) is 5.91 Å². The van der Waals surface area contributed by atoms with Gasteiger partial charge in [-0.15, -0.1) is 6.42 Å². The highest BCUT2D eigenvalue weighted by Gasteiger charge is 2.50. The smallest absolute Gasteiger partial charge is 0.265 e. The van der Waals surface area contributed by atoms with Crippen LogP contribution in [0.25, 0.3) is 0 Å². The van der Waals surface area contributed by atoms with E-state index < -0.39 is 11.5 Å². The van der Waals surface area contributed by atoms with Crippen molar-refractivity contribution in [3.63, 3.8) is 0 Å². The molecule has 1 N–H and O–H groups in total. The van der Waals surface area contributed by atoms with E-state index in [9.17, 15) is 14.7 Å². The molecule has 1 atom stereocenters. The minimum absolute atomic E-state index is 0.0352. The van der Waals surface area contributed by atoms with E-state index in [1.165, 1.54) is 4.90 Å². The van der Waals surface area contributed by atoms with Crippen molar-refractivity contribution < 1.29 is 14.7 Å². The summed E-state index contributed by atoms with van der Waals surface area (Å²) in [5, 5.41) is 11.2. The maximum absolute atomic E-state index is 12.9. The van der Waals surface area contributed by atoms with Gasteiger partial charge in [-0.1, -0.05) is 39.5 Å². The van der Waals surface area contributed by atoms with Crippen LogP contribution in [0.1, 0.15) is 33.5 Å². The molecule has 2 aromatic carbocycles. The first-order valence-corrected chi connectivity index (χ1v) is 8.95. The van der Waals surface area contributed by atoms with Crippen molar-refractivity contribution in [2.75, 3.05) is 11.4 Å². The average Bonchev–Trinajstić information content (AvgIpc) is 2.79. The third-order valence-corrected chi connectivity index (χ3v) is 5.15. The van der Waals surface area contributed by atoms with Crippen LogP contribution in [0.5, 0.6) is 0 Å². The predicted molar refractivity (Wildman–Crippen MR) is 104 cm³/mol. The standard InChI is InChI=1S/C21H18BrNO3/c1-4-9-23-18-8-7-15(22)11-17(18)21(26,20(23)25)12-19(24)16-10-13(2)5-6-14(16)3/h1,5-8,10-11,26H,9,12H2,2-3H3/t21-/m1/s1. The number of benzene rings is 2. The average molecular weight is 412 g/mol. The Morgan fingerprint density at radius 3 is 2.69 bits per heavy atom. The lowest BCUT2D eigenvalue weighted by molar-refractivity contribution is -0.135. The predicted octanol–water partition coefficient (Wildman–Crippen LogP) is 3.51. The summed E-state index contributed by atoms with van der Waals surface area (Å²) in [5.41, 5.74) is 1.27. The van der Waals surface area contributed by atoms with Crippen LogP contribution in [0.4, 0.5) is 5.69 Å². The minimum Gasteiger partial charge on any atom is -0.375 e. The molecule has 4 nitrogen and oxygen atoms in total. The first-order valence-electron chi connectivity index (χ1n) is 8.16. The number of amides is 1. The molecule has 1 amide bonds. The van der Waals surface area contributed by atoms with E-state index in [1.54, 1.807) is 24.3 Å².